The van der Waals surface area contributed by atoms with E-state index in [9.17, 15) is 13.5 Å². The van der Waals surface area contributed by atoms with Crippen molar-refractivity contribution >= 4 is 15.7 Å². The molecule has 4 N–H and O–H groups in total. The maximum Gasteiger partial charge on any atom is 0.238 e. The number of nitrogens with two attached hydrogens (primary N) is 1. The monoisotopic (exact) mass is 292 g/mol. The Morgan fingerprint density at radius 3 is 2.40 bits per heavy atom. The lowest BCUT2D eigenvalue weighted by atomic mass is 10.1. The van der Waals surface area contributed by atoms with Gasteiger partial charge in [0.2, 0.25) is 10.0 Å². The lowest BCUT2D eigenvalue weighted by molar-refractivity contribution is 0.469. The molecule has 0 unspecified atom stereocenters. The first-order valence-electron chi connectivity index (χ1n) is 6.01. The molecule has 0 saturated heterocycles. The molecule has 0 bridgehead atoms. The summed E-state index contributed by atoms with van der Waals surface area (Å²) in [6, 6.07) is 11.5. The zero-order valence-corrected chi connectivity index (χ0v) is 11.8. The number of benzene rings is 2. The minimum Gasteiger partial charge on any atom is -0.508 e. The van der Waals surface area contributed by atoms with Gasteiger partial charge in [-0.15, -0.1) is 0 Å². The number of rotatable bonds is 4. The van der Waals surface area contributed by atoms with Crippen LogP contribution in [0.5, 0.6) is 5.75 Å². The third kappa shape index (κ3) is 3.49. The van der Waals surface area contributed by atoms with Gasteiger partial charge in [0.25, 0.3) is 0 Å². The van der Waals surface area contributed by atoms with Crippen LogP contribution in [-0.2, 0) is 16.6 Å². The molecule has 2 rings (SSSR count). The lowest BCUT2D eigenvalue weighted by Crippen LogP contribution is -2.12. The number of hydrogen-bond donors (Lipinski definition) is 3. The van der Waals surface area contributed by atoms with Gasteiger partial charge in [0, 0.05) is 17.8 Å². The predicted octanol–water partition coefficient (Wildman–Crippen LogP) is 1.96. The topological polar surface area (TPSA) is 92.4 Å². The zero-order chi connectivity index (χ0) is 14.8. The van der Waals surface area contributed by atoms with Crippen molar-refractivity contribution in [3.63, 3.8) is 0 Å². The fourth-order valence-electron chi connectivity index (χ4n) is 1.82. The Hall–Kier alpha value is -2.05. The van der Waals surface area contributed by atoms with Crippen LogP contribution in [-0.4, -0.2) is 13.5 Å². The number of primary sulfonamides is 1. The molecule has 106 valence electrons. The van der Waals surface area contributed by atoms with Crippen molar-refractivity contribution in [3.05, 3.63) is 53.6 Å². The number of aryl methyl sites for hydroxylation is 1. The van der Waals surface area contributed by atoms with E-state index in [-0.39, 0.29) is 10.6 Å². The van der Waals surface area contributed by atoms with Crippen molar-refractivity contribution < 1.29 is 13.5 Å². The van der Waals surface area contributed by atoms with Gasteiger partial charge in [0.1, 0.15) is 5.75 Å². The fourth-order valence-corrected chi connectivity index (χ4v) is 2.33. The van der Waals surface area contributed by atoms with E-state index in [0.717, 1.165) is 16.8 Å². The molecule has 0 spiro atoms. The summed E-state index contributed by atoms with van der Waals surface area (Å²) in [7, 11) is -3.67. The Bertz CT molecular complexity index is 710. The molecular weight excluding hydrogens is 276 g/mol. The second-order valence-electron chi connectivity index (χ2n) is 4.56. The van der Waals surface area contributed by atoms with Gasteiger partial charge in [-0.1, -0.05) is 17.7 Å². The first kappa shape index (κ1) is 14.4. The summed E-state index contributed by atoms with van der Waals surface area (Å²) in [4.78, 5) is 0.0708. The highest BCUT2D eigenvalue weighted by Gasteiger charge is 2.07. The summed E-state index contributed by atoms with van der Waals surface area (Å²) in [5, 5.41) is 17.9. The number of aromatic hydroxyl groups is 1. The van der Waals surface area contributed by atoms with Crippen molar-refractivity contribution in [2.75, 3.05) is 5.32 Å². The van der Waals surface area contributed by atoms with Crippen molar-refractivity contribution in [1.82, 2.24) is 0 Å². The first-order chi connectivity index (χ1) is 9.36. The summed E-state index contributed by atoms with van der Waals surface area (Å²) in [6.45, 7) is 2.39. The van der Waals surface area contributed by atoms with E-state index in [2.05, 4.69) is 5.32 Å². The Labute approximate surface area is 118 Å². The smallest absolute Gasteiger partial charge is 0.238 e. The van der Waals surface area contributed by atoms with E-state index >= 15 is 0 Å². The molecule has 0 aromatic heterocycles. The molecule has 2 aromatic carbocycles. The van der Waals surface area contributed by atoms with Crippen molar-refractivity contribution in [1.29, 1.82) is 0 Å². The third-order valence-corrected chi connectivity index (χ3v) is 3.83. The van der Waals surface area contributed by atoms with Crippen LogP contribution in [0.3, 0.4) is 0 Å². The molecule has 0 aliphatic rings. The number of anilines is 1. The normalized spacial score (nSPS) is 11.3. The number of phenolic OH excluding ortho intramolecular Hbond substituents is 1. The van der Waals surface area contributed by atoms with Gasteiger partial charge < -0.3 is 10.4 Å². The highest BCUT2D eigenvalue weighted by molar-refractivity contribution is 7.89. The Morgan fingerprint density at radius 1 is 1.15 bits per heavy atom. The van der Waals surface area contributed by atoms with Crippen LogP contribution in [0.2, 0.25) is 0 Å². The molecule has 5 nitrogen and oxygen atoms in total. The third-order valence-electron chi connectivity index (χ3n) is 2.90. The quantitative estimate of drug-likeness (QED) is 0.803. The van der Waals surface area contributed by atoms with Crippen LogP contribution in [0.1, 0.15) is 11.1 Å². The summed E-state index contributed by atoms with van der Waals surface area (Å²) in [5.74, 6) is 0.226. The van der Waals surface area contributed by atoms with Crippen LogP contribution in [0, 0.1) is 6.92 Å². The van der Waals surface area contributed by atoms with Crippen LogP contribution in [0.4, 0.5) is 5.69 Å². The molecule has 2 aromatic rings. The maximum atomic E-state index is 11.1. The minimum atomic E-state index is -3.67. The second-order valence-corrected chi connectivity index (χ2v) is 6.12. The van der Waals surface area contributed by atoms with E-state index < -0.39 is 10.0 Å². The molecule has 0 heterocycles. The summed E-state index contributed by atoms with van der Waals surface area (Å²) in [5.41, 5.74) is 2.59. The van der Waals surface area contributed by atoms with Crippen LogP contribution in [0.25, 0.3) is 0 Å². The van der Waals surface area contributed by atoms with Gasteiger partial charge in [-0.2, -0.15) is 0 Å². The highest BCUT2D eigenvalue weighted by Crippen LogP contribution is 2.20. The molecule has 0 saturated carbocycles. The van der Waals surface area contributed by atoms with Crippen LogP contribution in [0.15, 0.2) is 47.4 Å². The second kappa shape index (κ2) is 5.52. The highest BCUT2D eigenvalue weighted by atomic mass is 32.2. The first-order valence-corrected chi connectivity index (χ1v) is 7.56. The van der Waals surface area contributed by atoms with E-state index in [1.807, 2.05) is 19.1 Å². The number of phenols is 1. The van der Waals surface area contributed by atoms with Gasteiger partial charge in [-0.05, 0) is 37.3 Å². The molecule has 0 radical (unpaired) electrons. The van der Waals surface area contributed by atoms with Gasteiger partial charge in [-0.3, -0.25) is 0 Å². The Morgan fingerprint density at radius 2 is 1.80 bits per heavy atom. The van der Waals surface area contributed by atoms with Crippen molar-refractivity contribution in [2.45, 2.75) is 18.4 Å². The van der Waals surface area contributed by atoms with Gasteiger partial charge >= 0.3 is 0 Å². The Balaban J connectivity index is 2.10. The molecular formula is C14H16N2O3S. The SMILES string of the molecule is Cc1ccc(O)c(CNc2ccc(S(N)(=O)=O)cc2)c1. The molecule has 20 heavy (non-hydrogen) atoms. The number of nitrogens with one attached hydrogen (secondary N) is 1. The van der Waals surface area contributed by atoms with E-state index in [0.29, 0.717) is 6.54 Å². The van der Waals surface area contributed by atoms with Gasteiger partial charge in [-0.25, -0.2) is 13.6 Å². The number of sulfonamides is 1. The largest absolute Gasteiger partial charge is 0.508 e. The zero-order valence-electron chi connectivity index (χ0n) is 11.0. The van der Waals surface area contributed by atoms with Crippen LogP contribution < -0.4 is 10.5 Å². The van der Waals surface area contributed by atoms with Gasteiger partial charge in [0.15, 0.2) is 0 Å². The number of hydrogen-bond acceptors (Lipinski definition) is 4. The van der Waals surface area contributed by atoms with E-state index in [1.165, 1.54) is 12.1 Å². The standard InChI is InChI=1S/C14H16N2O3S/c1-10-2-7-14(17)11(8-10)9-16-12-3-5-13(6-4-12)20(15,18)19/h2-8,16-17H,9H2,1H3,(H2,15,18,19). The van der Waals surface area contributed by atoms with E-state index in [1.54, 1.807) is 18.2 Å². The van der Waals surface area contributed by atoms with Crippen molar-refractivity contribution in [3.8, 4) is 5.75 Å². The van der Waals surface area contributed by atoms with Crippen molar-refractivity contribution in [2.24, 2.45) is 5.14 Å². The van der Waals surface area contributed by atoms with Gasteiger partial charge in [0.05, 0.1) is 4.90 Å². The lowest BCUT2D eigenvalue weighted by Gasteiger charge is -2.09. The molecule has 0 atom stereocenters. The molecule has 0 amide bonds. The van der Waals surface area contributed by atoms with E-state index in [4.69, 9.17) is 5.14 Å². The summed E-state index contributed by atoms with van der Waals surface area (Å²) in [6.07, 6.45) is 0. The minimum absolute atomic E-state index is 0.0708. The van der Waals surface area contributed by atoms with Crippen LogP contribution >= 0.6 is 0 Å². The summed E-state index contributed by atoms with van der Waals surface area (Å²) >= 11 is 0. The predicted molar refractivity (Wildman–Crippen MR) is 78.0 cm³/mol. The molecule has 0 fully saturated rings. The maximum absolute atomic E-state index is 11.1. The molecule has 6 heteroatoms. The molecule has 0 aliphatic carbocycles. The average molecular weight is 292 g/mol. The molecule has 0 aliphatic heterocycles. The Kier molecular flexibility index (Phi) is 3.96. The average Bonchev–Trinajstić information content (AvgIpc) is 2.39. The fraction of sp³-hybridized carbons (Fsp3) is 0.143. The summed E-state index contributed by atoms with van der Waals surface area (Å²) < 4.78 is 22.3.